The SMILES string of the molecule is CCN(Cc1cc(Br)ccc1C1CC1)OC. The maximum absolute atomic E-state index is 5.32. The summed E-state index contributed by atoms with van der Waals surface area (Å²) < 4.78 is 1.15. The Bertz CT molecular complexity index is 359. The Morgan fingerprint density at radius 3 is 2.75 bits per heavy atom. The third-order valence-electron chi connectivity index (χ3n) is 3.08. The molecule has 0 amide bonds. The van der Waals surface area contributed by atoms with Gasteiger partial charge in [-0.1, -0.05) is 28.9 Å². The number of hydroxylamine groups is 2. The van der Waals surface area contributed by atoms with Crippen molar-refractivity contribution in [3.05, 3.63) is 33.8 Å². The van der Waals surface area contributed by atoms with Crippen molar-refractivity contribution in [3.8, 4) is 0 Å². The average Bonchev–Trinajstić information content (AvgIpc) is 3.10. The van der Waals surface area contributed by atoms with Crippen molar-refractivity contribution in [2.24, 2.45) is 0 Å². The van der Waals surface area contributed by atoms with Crippen molar-refractivity contribution >= 4 is 15.9 Å². The minimum Gasteiger partial charge on any atom is -0.302 e. The van der Waals surface area contributed by atoms with Gasteiger partial charge in [0.1, 0.15) is 0 Å². The van der Waals surface area contributed by atoms with Crippen molar-refractivity contribution < 1.29 is 4.84 Å². The summed E-state index contributed by atoms with van der Waals surface area (Å²) in [6, 6.07) is 6.61. The van der Waals surface area contributed by atoms with Crippen LogP contribution in [0.4, 0.5) is 0 Å². The minimum absolute atomic E-state index is 0.790. The molecule has 0 atom stereocenters. The molecule has 1 aromatic rings. The van der Waals surface area contributed by atoms with Crippen LogP contribution in [0, 0.1) is 0 Å². The molecule has 0 N–H and O–H groups in total. The van der Waals surface area contributed by atoms with Crippen LogP contribution < -0.4 is 0 Å². The lowest BCUT2D eigenvalue weighted by molar-refractivity contribution is -0.135. The second-order valence-electron chi connectivity index (χ2n) is 4.26. The quantitative estimate of drug-likeness (QED) is 0.764. The van der Waals surface area contributed by atoms with E-state index in [2.05, 4.69) is 41.1 Å². The van der Waals surface area contributed by atoms with E-state index >= 15 is 0 Å². The molecule has 0 spiro atoms. The molecule has 0 aromatic heterocycles. The van der Waals surface area contributed by atoms with Gasteiger partial charge in [-0.3, -0.25) is 0 Å². The van der Waals surface area contributed by atoms with Gasteiger partial charge < -0.3 is 4.84 Å². The Morgan fingerprint density at radius 1 is 1.44 bits per heavy atom. The predicted molar refractivity (Wildman–Crippen MR) is 69.2 cm³/mol. The molecule has 1 aromatic carbocycles. The highest BCUT2D eigenvalue weighted by Gasteiger charge is 2.26. The van der Waals surface area contributed by atoms with E-state index in [1.54, 1.807) is 7.11 Å². The lowest BCUT2D eigenvalue weighted by atomic mass is 10.0. The Labute approximate surface area is 106 Å². The van der Waals surface area contributed by atoms with Gasteiger partial charge in [-0.25, -0.2) is 0 Å². The Balaban J connectivity index is 2.19. The van der Waals surface area contributed by atoms with Crippen molar-refractivity contribution in [1.82, 2.24) is 5.06 Å². The Kier molecular flexibility index (Phi) is 4.00. The molecule has 0 bridgehead atoms. The molecule has 88 valence electrons. The zero-order valence-electron chi connectivity index (χ0n) is 9.87. The van der Waals surface area contributed by atoms with Crippen molar-refractivity contribution in [3.63, 3.8) is 0 Å². The maximum Gasteiger partial charge on any atom is 0.0575 e. The highest BCUT2D eigenvalue weighted by Crippen LogP contribution is 2.42. The van der Waals surface area contributed by atoms with Crippen LogP contribution in [0.2, 0.25) is 0 Å². The van der Waals surface area contributed by atoms with Crippen LogP contribution in [0.3, 0.4) is 0 Å². The molecule has 16 heavy (non-hydrogen) atoms. The predicted octanol–water partition coefficient (Wildman–Crippen LogP) is 3.71. The summed E-state index contributed by atoms with van der Waals surface area (Å²) >= 11 is 3.54. The molecule has 0 aliphatic heterocycles. The molecule has 1 aliphatic carbocycles. The van der Waals surface area contributed by atoms with E-state index in [0.29, 0.717) is 0 Å². The summed E-state index contributed by atoms with van der Waals surface area (Å²) in [5.74, 6) is 0.790. The van der Waals surface area contributed by atoms with Gasteiger partial charge in [-0.2, -0.15) is 5.06 Å². The van der Waals surface area contributed by atoms with Crippen molar-refractivity contribution in [1.29, 1.82) is 0 Å². The molecule has 1 fully saturated rings. The molecule has 0 heterocycles. The summed E-state index contributed by atoms with van der Waals surface area (Å²) in [6.45, 7) is 3.89. The first kappa shape index (κ1) is 12.1. The molecule has 2 nitrogen and oxygen atoms in total. The second kappa shape index (κ2) is 5.30. The van der Waals surface area contributed by atoms with Gasteiger partial charge in [-0.05, 0) is 42.0 Å². The molecule has 1 saturated carbocycles. The van der Waals surface area contributed by atoms with Crippen LogP contribution >= 0.6 is 15.9 Å². The zero-order chi connectivity index (χ0) is 11.5. The molecule has 0 unspecified atom stereocenters. The minimum atomic E-state index is 0.790. The van der Waals surface area contributed by atoms with Gasteiger partial charge in [0.15, 0.2) is 0 Å². The van der Waals surface area contributed by atoms with E-state index < -0.39 is 0 Å². The normalized spacial score (nSPS) is 15.8. The van der Waals surface area contributed by atoms with Crippen LogP contribution in [0.15, 0.2) is 22.7 Å². The number of hydrogen-bond donors (Lipinski definition) is 0. The lowest BCUT2D eigenvalue weighted by Gasteiger charge is -2.19. The zero-order valence-corrected chi connectivity index (χ0v) is 11.5. The van der Waals surface area contributed by atoms with E-state index in [-0.39, 0.29) is 0 Å². The molecular weight excluding hydrogens is 266 g/mol. The maximum atomic E-state index is 5.32. The topological polar surface area (TPSA) is 12.5 Å². The highest BCUT2D eigenvalue weighted by atomic mass is 79.9. The fraction of sp³-hybridized carbons (Fsp3) is 0.538. The third kappa shape index (κ3) is 2.84. The first-order chi connectivity index (χ1) is 7.74. The van der Waals surface area contributed by atoms with Crippen LogP contribution in [-0.2, 0) is 11.4 Å². The molecular formula is C13H18BrNO. The average molecular weight is 284 g/mol. The molecule has 0 radical (unpaired) electrons. The number of rotatable bonds is 5. The van der Waals surface area contributed by atoms with Gasteiger partial charge in [0.05, 0.1) is 7.11 Å². The third-order valence-corrected chi connectivity index (χ3v) is 3.57. The summed E-state index contributed by atoms with van der Waals surface area (Å²) in [7, 11) is 1.73. The van der Waals surface area contributed by atoms with Crippen LogP contribution in [0.5, 0.6) is 0 Å². The summed E-state index contributed by atoms with van der Waals surface area (Å²) in [4.78, 5) is 5.32. The number of benzene rings is 1. The molecule has 1 aliphatic rings. The van der Waals surface area contributed by atoms with E-state index in [1.807, 2.05) is 5.06 Å². The number of hydrogen-bond acceptors (Lipinski definition) is 2. The van der Waals surface area contributed by atoms with Gasteiger partial charge in [0.25, 0.3) is 0 Å². The fourth-order valence-corrected chi connectivity index (χ4v) is 2.41. The van der Waals surface area contributed by atoms with Crippen molar-refractivity contribution in [2.75, 3.05) is 13.7 Å². The lowest BCUT2D eigenvalue weighted by Crippen LogP contribution is -2.21. The largest absolute Gasteiger partial charge is 0.302 e. The number of halogens is 1. The van der Waals surface area contributed by atoms with Gasteiger partial charge in [-0.15, -0.1) is 0 Å². The van der Waals surface area contributed by atoms with E-state index in [9.17, 15) is 0 Å². The Morgan fingerprint density at radius 2 is 2.19 bits per heavy atom. The van der Waals surface area contributed by atoms with Crippen LogP contribution in [-0.4, -0.2) is 18.7 Å². The standard InChI is InChI=1S/C13H18BrNO/c1-3-15(16-2)9-11-8-12(14)6-7-13(11)10-4-5-10/h6-8,10H,3-5,9H2,1-2H3. The molecule has 2 rings (SSSR count). The van der Waals surface area contributed by atoms with Gasteiger partial charge in [0, 0.05) is 17.6 Å². The highest BCUT2D eigenvalue weighted by molar-refractivity contribution is 9.10. The second-order valence-corrected chi connectivity index (χ2v) is 5.17. The van der Waals surface area contributed by atoms with E-state index in [1.165, 1.54) is 24.0 Å². The fourth-order valence-electron chi connectivity index (χ4n) is 2.00. The summed E-state index contributed by atoms with van der Waals surface area (Å²) in [6.07, 6.45) is 2.68. The van der Waals surface area contributed by atoms with Crippen LogP contribution in [0.1, 0.15) is 36.8 Å². The first-order valence-corrected chi connectivity index (χ1v) is 6.61. The van der Waals surface area contributed by atoms with E-state index in [0.717, 1.165) is 23.5 Å². The first-order valence-electron chi connectivity index (χ1n) is 5.82. The van der Waals surface area contributed by atoms with Gasteiger partial charge in [0.2, 0.25) is 0 Å². The smallest absolute Gasteiger partial charge is 0.0575 e. The summed E-state index contributed by atoms with van der Waals surface area (Å²) in [5, 5.41) is 1.98. The Hall–Kier alpha value is -0.380. The van der Waals surface area contributed by atoms with Gasteiger partial charge >= 0.3 is 0 Å². The monoisotopic (exact) mass is 283 g/mol. The van der Waals surface area contributed by atoms with Crippen molar-refractivity contribution in [2.45, 2.75) is 32.2 Å². The van der Waals surface area contributed by atoms with E-state index in [4.69, 9.17) is 4.84 Å². The van der Waals surface area contributed by atoms with Crippen LogP contribution in [0.25, 0.3) is 0 Å². The molecule has 3 heteroatoms. The summed E-state index contributed by atoms with van der Waals surface area (Å²) in [5.41, 5.74) is 2.89. The molecule has 0 saturated heterocycles. The number of nitrogens with zero attached hydrogens (tertiary/aromatic N) is 1.